The van der Waals surface area contributed by atoms with Crippen molar-refractivity contribution in [2.75, 3.05) is 25.5 Å². The number of aryl methyl sites for hydroxylation is 1. The minimum atomic E-state index is -0.681. The first-order valence-corrected chi connectivity index (χ1v) is 10.4. The molecule has 0 saturated carbocycles. The molecule has 0 spiro atoms. The third-order valence-electron chi connectivity index (χ3n) is 5.04. The van der Waals surface area contributed by atoms with E-state index in [1.54, 1.807) is 12.1 Å². The molecule has 0 aliphatic rings. The summed E-state index contributed by atoms with van der Waals surface area (Å²) in [6, 6.07) is 20.6. The molecule has 3 rings (SSSR count). The number of carbonyl (C=O) groups excluding carboxylic acids is 2. The van der Waals surface area contributed by atoms with Gasteiger partial charge < -0.3 is 20.0 Å². The van der Waals surface area contributed by atoms with Crippen molar-refractivity contribution in [3.05, 3.63) is 89.9 Å². The molecule has 0 radical (unpaired) electrons. The molecule has 0 fully saturated rings. The van der Waals surface area contributed by atoms with Gasteiger partial charge in [-0.25, -0.2) is 0 Å². The van der Waals surface area contributed by atoms with Crippen LogP contribution in [0.1, 0.15) is 28.1 Å². The summed E-state index contributed by atoms with van der Waals surface area (Å²) in [5.41, 5.74) is 3.36. The molecule has 1 atom stereocenters. The van der Waals surface area contributed by atoms with Gasteiger partial charge in [0.25, 0.3) is 5.91 Å². The van der Waals surface area contributed by atoms with Gasteiger partial charge in [-0.3, -0.25) is 9.59 Å². The van der Waals surface area contributed by atoms with Crippen molar-refractivity contribution in [2.45, 2.75) is 25.3 Å². The van der Waals surface area contributed by atoms with Gasteiger partial charge in [0.2, 0.25) is 5.91 Å². The van der Waals surface area contributed by atoms with E-state index in [0.29, 0.717) is 13.0 Å². The third-order valence-corrected chi connectivity index (χ3v) is 5.04. The topological polar surface area (TPSA) is 74.6 Å². The molecule has 6 heteroatoms. The van der Waals surface area contributed by atoms with Gasteiger partial charge >= 0.3 is 0 Å². The fourth-order valence-corrected chi connectivity index (χ4v) is 3.28. The Hall–Kier alpha value is -3.54. The van der Waals surface area contributed by atoms with E-state index in [1.807, 2.05) is 44.4 Å². The molecule has 0 aliphatic heterocycles. The van der Waals surface area contributed by atoms with Gasteiger partial charge in [0.15, 0.2) is 5.76 Å². The van der Waals surface area contributed by atoms with Gasteiger partial charge in [-0.2, -0.15) is 0 Å². The van der Waals surface area contributed by atoms with Crippen LogP contribution in [0, 0.1) is 0 Å². The summed E-state index contributed by atoms with van der Waals surface area (Å²) in [5, 5.41) is 5.75. The number of anilines is 1. The molecule has 1 heterocycles. The first kappa shape index (κ1) is 22.2. The number of rotatable bonds is 10. The maximum Gasteiger partial charge on any atom is 0.287 e. The molecule has 0 bridgehead atoms. The minimum Gasteiger partial charge on any atom is -0.459 e. The standard InChI is InChI=1S/C25H29N3O3/c1-28(2)21-14-12-19(13-15-21)10-6-16-26-24(29)22(18-20-8-4-3-5-9-20)27-25(30)23-11-7-17-31-23/h3-5,7-9,11-15,17,22H,6,10,16,18H2,1-2H3,(H,26,29)(H,27,30). The number of nitrogens with one attached hydrogen (secondary N) is 2. The second-order valence-corrected chi connectivity index (χ2v) is 7.65. The van der Waals surface area contributed by atoms with Gasteiger partial charge in [0, 0.05) is 32.7 Å². The lowest BCUT2D eigenvalue weighted by Gasteiger charge is -2.18. The van der Waals surface area contributed by atoms with Crippen LogP contribution in [0.4, 0.5) is 5.69 Å². The van der Waals surface area contributed by atoms with Crippen LogP contribution in [0.3, 0.4) is 0 Å². The summed E-state index contributed by atoms with van der Waals surface area (Å²) in [6.45, 7) is 0.538. The fraction of sp³-hybridized carbons (Fsp3) is 0.280. The molecular weight excluding hydrogens is 390 g/mol. The van der Waals surface area contributed by atoms with E-state index in [9.17, 15) is 9.59 Å². The first-order valence-electron chi connectivity index (χ1n) is 10.4. The highest BCUT2D eigenvalue weighted by Crippen LogP contribution is 2.13. The normalized spacial score (nSPS) is 11.5. The van der Waals surface area contributed by atoms with Crippen molar-refractivity contribution in [3.63, 3.8) is 0 Å². The van der Waals surface area contributed by atoms with Crippen molar-refractivity contribution >= 4 is 17.5 Å². The van der Waals surface area contributed by atoms with Crippen LogP contribution in [0.5, 0.6) is 0 Å². The Morgan fingerprint density at radius 1 is 0.935 bits per heavy atom. The lowest BCUT2D eigenvalue weighted by molar-refractivity contribution is -0.122. The quantitative estimate of drug-likeness (QED) is 0.494. The van der Waals surface area contributed by atoms with E-state index in [-0.39, 0.29) is 11.7 Å². The molecule has 0 aliphatic carbocycles. The number of furan rings is 1. The summed E-state index contributed by atoms with van der Waals surface area (Å²) < 4.78 is 5.15. The Morgan fingerprint density at radius 2 is 1.68 bits per heavy atom. The first-order chi connectivity index (χ1) is 15.0. The zero-order chi connectivity index (χ0) is 22.1. The van der Waals surface area contributed by atoms with E-state index >= 15 is 0 Å². The van der Waals surface area contributed by atoms with Gasteiger partial charge in [-0.05, 0) is 48.2 Å². The number of carbonyl (C=O) groups is 2. The molecule has 1 aromatic heterocycles. The van der Waals surface area contributed by atoms with E-state index in [0.717, 1.165) is 24.1 Å². The number of amides is 2. The van der Waals surface area contributed by atoms with Crippen molar-refractivity contribution < 1.29 is 14.0 Å². The number of benzene rings is 2. The summed E-state index contributed by atoms with van der Waals surface area (Å²) >= 11 is 0. The Balaban J connectivity index is 1.54. The van der Waals surface area contributed by atoms with Crippen LogP contribution in [-0.2, 0) is 17.6 Å². The maximum absolute atomic E-state index is 12.8. The smallest absolute Gasteiger partial charge is 0.287 e. The third kappa shape index (κ3) is 6.74. The van der Waals surface area contributed by atoms with E-state index in [1.165, 1.54) is 11.8 Å². The second kappa shape index (κ2) is 11.0. The highest BCUT2D eigenvalue weighted by Gasteiger charge is 2.22. The number of hydrogen-bond acceptors (Lipinski definition) is 4. The molecule has 3 aromatic rings. The average Bonchev–Trinajstić information content (AvgIpc) is 3.32. The highest BCUT2D eigenvalue weighted by molar-refractivity contribution is 5.95. The fourth-order valence-electron chi connectivity index (χ4n) is 3.28. The van der Waals surface area contributed by atoms with Gasteiger partial charge in [-0.15, -0.1) is 0 Å². The predicted octanol–water partition coefficient (Wildman–Crippen LogP) is 3.44. The molecule has 1 unspecified atom stereocenters. The Labute approximate surface area is 183 Å². The molecule has 31 heavy (non-hydrogen) atoms. The van der Waals surface area contributed by atoms with Crippen molar-refractivity contribution in [1.29, 1.82) is 0 Å². The van der Waals surface area contributed by atoms with Crippen molar-refractivity contribution in [1.82, 2.24) is 10.6 Å². The Bertz CT molecular complexity index is 951. The van der Waals surface area contributed by atoms with Crippen LogP contribution in [0.15, 0.2) is 77.4 Å². The summed E-state index contributed by atoms with van der Waals surface area (Å²) in [7, 11) is 4.03. The highest BCUT2D eigenvalue weighted by atomic mass is 16.3. The van der Waals surface area contributed by atoms with E-state index in [4.69, 9.17) is 4.42 Å². The molecule has 162 valence electrons. The Kier molecular flexibility index (Phi) is 7.87. The molecule has 2 N–H and O–H groups in total. The van der Waals surface area contributed by atoms with Crippen molar-refractivity contribution in [2.24, 2.45) is 0 Å². The van der Waals surface area contributed by atoms with E-state index < -0.39 is 11.9 Å². The zero-order valence-corrected chi connectivity index (χ0v) is 18.0. The lowest BCUT2D eigenvalue weighted by Crippen LogP contribution is -2.48. The predicted molar refractivity (Wildman–Crippen MR) is 122 cm³/mol. The monoisotopic (exact) mass is 419 g/mol. The summed E-state index contributed by atoms with van der Waals surface area (Å²) in [5.74, 6) is -0.416. The molecule has 6 nitrogen and oxygen atoms in total. The van der Waals surface area contributed by atoms with Crippen molar-refractivity contribution in [3.8, 4) is 0 Å². The van der Waals surface area contributed by atoms with E-state index in [2.05, 4.69) is 39.8 Å². The van der Waals surface area contributed by atoms with Gasteiger partial charge in [0.05, 0.1) is 6.26 Å². The molecule has 2 aromatic carbocycles. The second-order valence-electron chi connectivity index (χ2n) is 7.65. The Morgan fingerprint density at radius 3 is 2.32 bits per heavy atom. The lowest BCUT2D eigenvalue weighted by atomic mass is 10.0. The SMILES string of the molecule is CN(C)c1ccc(CCCNC(=O)C(Cc2ccccc2)NC(=O)c2ccco2)cc1. The maximum atomic E-state index is 12.8. The zero-order valence-electron chi connectivity index (χ0n) is 18.0. The van der Waals surface area contributed by atoms with Gasteiger partial charge in [0.1, 0.15) is 6.04 Å². The average molecular weight is 420 g/mol. The largest absolute Gasteiger partial charge is 0.459 e. The van der Waals surface area contributed by atoms with Crippen LogP contribution in [-0.4, -0.2) is 38.5 Å². The molecule has 0 saturated heterocycles. The van der Waals surface area contributed by atoms with Gasteiger partial charge in [-0.1, -0.05) is 42.5 Å². The van der Waals surface area contributed by atoms with Crippen LogP contribution in [0.2, 0.25) is 0 Å². The number of nitrogens with zero attached hydrogens (tertiary/aromatic N) is 1. The summed E-state index contributed by atoms with van der Waals surface area (Å²) in [4.78, 5) is 27.3. The number of hydrogen-bond donors (Lipinski definition) is 2. The van der Waals surface area contributed by atoms with Crippen LogP contribution >= 0.6 is 0 Å². The molecule has 2 amide bonds. The molecular formula is C25H29N3O3. The van der Waals surface area contributed by atoms with Crippen LogP contribution in [0.25, 0.3) is 0 Å². The minimum absolute atomic E-state index is 0.187. The van der Waals surface area contributed by atoms with Crippen LogP contribution < -0.4 is 15.5 Å². The summed E-state index contributed by atoms with van der Waals surface area (Å²) in [6.07, 6.45) is 3.53.